The highest BCUT2D eigenvalue weighted by Crippen LogP contribution is 2.17. The molecule has 15 heavy (non-hydrogen) atoms. The number of nitrogens with one attached hydrogen (secondary N) is 1. The second-order valence-corrected chi connectivity index (χ2v) is 5.09. The highest BCUT2D eigenvalue weighted by molar-refractivity contribution is 4.90. The molecular formula is C13H24N2. The number of allylic oxidation sites excluding steroid dienone is 2. The summed E-state index contributed by atoms with van der Waals surface area (Å²) in [5.74, 6) is 0.890. The highest BCUT2D eigenvalue weighted by atomic mass is 15.2. The minimum absolute atomic E-state index is 0.795. The molecule has 1 N–H and O–H groups in total. The molecule has 0 amide bonds. The number of hydrogen-bond acceptors (Lipinski definition) is 2. The molecule has 86 valence electrons. The Morgan fingerprint density at radius 2 is 2.20 bits per heavy atom. The van der Waals surface area contributed by atoms with Gasteiger partial charge < -0.3 is 10.2 Å². The Balaban J connectivity index is 1.60. The Morgan fingerprint density at radius 3 is 2.87 bits per heavy atom. The zero-order valence-electron chi connectivity index (χ0n) is 9.91. The van der Waals surface area contributed by atoms with Crippen molar-refractivity contribution >= 4 is 0 Å². The molecule has 0 aromatic carbocycles. The van der Waals surface area contributed by atoms with E-state index >= 15 is 0 Å². The van der Waals surface area contributed by atoms with Crippen LogP contribution >= 0.6 is 0 Å². The molecule has 2 atom stereocenters. The van der Waals surface area contributed by atoms with E-state index in [-0.39, 0.29) is 0 Å². The van der Waals surface area contributed by atoms with Crippen LogP contribution in [-0.4, -0.2) is 37.6 Å². The monoisotopic (exact) mass is 208 g/mol. The normalized spacial score (nSPS) is 32.3. The van der Waals surface area contributed by atoms with Crippen LogP contribution in [0.2, 0.25) is 0 Å². The summed E-state index contributed by atoms with van der Waals surface area (Å²) in [6.07, 6.45) is 11.4. The molecule has 0 aromatic heterocycles. The van der Waals surface area contributed by atoms with Crippen LogP contribution in [0.15, 0.2) is 12.2 Å². The van der Waals surface area contributed by atoms with E-state index in [0.29, 0.717) is 0 Å². The number of hydrogen-bond donors (Lipinski definition) is 1. The number of nitrogens with zero attached hydrogens (tertiary/aromatic N) is 1. The lowest BCUT2D eigenvalue weighted by atomic mass is 9.94. The quantitative estimate of drug-likeness (QED) is 0.711. The lowest BCUT2D eigenvalue weighted by Crippen LogP contribution is -2.37. The first-order valence-electron chi connectivity index (χ1n) is 6.42. The molecule has 2 nitrogen and oxygen atoms in total. The van der Waals surface area contributed by atoms with E-state index in [2.05, 4.69) is 29.4 Å². The van der Waals surface area contributed by atoms with Crippen molar-refractivity contribution in [1.29, 1.82) is 0 Å². The van der Waals surface area contributed by atoms with Crippen molar-refractivity contribution in [3.8, 4) is 0 Å². The van der Waals surface area contributed by atoms with Gasteiger partial charge in [0.25, 0.3) is 0 Å². The van der Waals surface area contributed by atoms with E-state index in [1.165, 1.54) is 51.7 Å². The molecule has 1 aliphatic carbocycles. The van der Waals surface area contributed by atoms with Crippen LogP contribution in [0.25, 0.3) is 0 Å². The summed E-state index contributed by atoms with van der Waals surface area (Å²) in [7, 11) is 2.25. The van der Waals surface area contributed by atoms with Crippen molar-refractivity contribution in [3.05, 3.63) is 12.2 Å². The van der Waals surface area contributed by atoms with E-state index in [1.54, 1.807) is 0 Å². The lowest BCUT2D eigenvalue weighted by Gasteiger charge is -2.23. The van der Waals surface area contributed by atoms with Gasteiger partial charge in [-0.1, -0.05) is 12.2 Å². The van der Waals surface area contributed by atoms with Crippen molar-refractivity contribution in [2.24, 2.45) is 5.92 Å². The Labute approximate surface area is 93.7 Å². The summed E-state index contributed by atoms with van der Waals surface area (Å²) in [5, 5.41) is 3.65. The van der Waals surface area contributed by atoms with Crippen LogP contribution in [0.4, 0.5) is 0 Å². The largest absolute Gasteiger partial charge is 0.315 e. The van der Waals surface area contributed by atoms with E-state index in [0.717, 1.165) is 12.0 Å². The SMILES string of the molecule is CN1CCCC1CNCC1CC=CCC1. The first kappa shape index (κ1) is 11.2. The first-order chi connectivity index (χ1) is 7.36. The van der Waals surface area contributed by atoms with Gasteiger partial charge in [-0.05, 0) is 58.2 Å². The molecule has 1 aliphatic heterocycles. The maximum absolute atomic E-state index is 3.65. The minimum Gasteiger partial charge on any atom is -0.315 e. The highest BCUT2D eigenvalue weighted by Gasteiger charge is 2.20. The van der Waals surface area contributed by atoms with Crippen LogP contribution in [0.3, 0.4) is 0 Å². The third-order valence-corrected chi connectivity index (χ3v) is 3.86. The maximum atomic E-state index is 3.65. The Morgan fingerprint density at radius 1 is 1.27 bits per heavy atom. The zero-order valence-corrected chi connectivity index (χ0v) is 9.91. The molecule has 1 fully saturated rings. The number of rotatable bonds is 4. The zero-order chi connectivity index (χ0) is 10.5. The van der Waals surface area contributed by atoms with Crippen LogP contribution in [0.5, 0.6) is 0 Å². The van der Waals surface area contributed by atoms with Gasteiger partial charge in [0, 0.05) is 12.6 Å². The summed E-state index contributed by atoms with van der Waals surface area (Å²) in [5.41, 5.74) is 0. The molecule has 2 heteroatoms. The molecule has 1 saturated heterocycles. The summed E-state index contributed by atoms with van der Waals surface area (Å²) in [6, 6.07) is 0.795. The second kappa shape index (κ2) is 5.66. The van der Waals surface area contributed by atoms with Crippen molar-refractivity contribution < 1.29 is 0 Å². The van der Waals surface area contributed by atoms with Crippen molar-refractivity contribution in [2.75, 3.05) is 26.7 Å². The fourth-order valence-corrected chi connectivity index (χ4v) is 2.73. The van der Waals surface area contributed by atoms with Gasteiger partial charge in [0.05, 0.1) is 0 Å². The van der Waals surface area contributed by atoms with Gasteiger partial charge in [-0.3, -0.25) is 0 Å². The van der Waals surface area contributed by atoms with Crippen LogP contribution in [0.1, 0.15) is 32.1 Å². The molecular weight excluding hydrogens is 184 g/mol. The molecule has 0 bridgehead atoms. The third-order valence-electron chi connectivity index (χ3n) is 3.86. The predicted octanol–water partition coefficient (Wildman–Crippen LogP) is 2.03. The van der Waals surface area contributed by atoms with Gasteiger partial charge in [0.1, 0.15) is 0 Å². The fourth-order valence-electron chi connectivity index (χ4n) is 2.73. The molecule has 2 unspecified atom stereocenters. The lowest BCUT2D eigenvalue weighted by molar-refractivity contribution is 0.293. The van der Waals surface area contributed by atoms with Crippen LogP contribution in [-0.2, 0) is 0 Å². The van der Waals surface area contributed by atoms with Gasteiger partial charge in [0.15, 0.2) is 0 Å². The number of likely N-dealkylation sites (tertiary alicyclic amines) is 1. The van der Waals surface area contributed by atoms with Gasteiger partial charge in [-0.25, -0.2) is 0 Å². The van der Waals surface area contributed by atoms with Crippen molar-refractivity contribution in [3.63, 3.8) is 0 Å². The minimum atomic E-state index is 0.795. The molecule has 0 spiro atoms. The standard InChI is InChI=1S/C13H24N2/c1-15-9-5-8-13(15)11-14-10-12-6-3-2-4-7-12/h2-3,12-14H,4-11H2,1H3. The molecule has 2 rings (SSSR count). The average molecular weight is 208 g/mol. The summed E-state index contributed by atoms with van der Waals surface area (Å²) < 4.78 is 0. The maximum Gasteiger partial charge on any atom is 0.0218 e. The van der Waals surface area contributed by atoms with E-state index in [4.69, 9.17) is 0 Å². The van der Waals surface area contributed by atoms with E-state index < -0.39 is 0 Å². The predicted molar refractivity (Wildman–Crippen MR) is 65.0 cm³/mol. The number of likely N-dealkylation sites (N-methyl/N-ethyl adjacent to an activating group) is 1. The van der Waals surface area contributed by atoms with Crippen molar-refractivity contribution in [2.45, 2.75) is 38.1 Å². The average Bonchev–Trinajstić information content (AvgIpc) is 2.66. The molecule has 0 radical (unpaired) electrons. The van der Waals surface area contributed by atoms with Crippen LogP contribution < -0.4 is 5.32 Å². The third kappa shape index (κ3) is 3.32. The smallest absolute Gasteiger partial charge is 0.0218 e. The molecule has 1 heterocycles. The summed E-state index contributed by atoms with van der Waals surface area (Å²) >= 11 is 0. The first-order valence-corrected chi connectivity index (χ1v) is 6.42. The Kier molecular flexibility index (Phi) is 4.21. The van der Waals surface area contributed by atoms with Gasteiger partial charge in [-0.2, -0.15) is 0 Å². The molecule has 2 aliphatic rings. The summed E-state index contributed by atoms with van der Waals surface area (Å²) in [4.78, 5) is 2.49. The summed E-state index contributed by atoms with van der Waals surface area (Å²) in [6.45, 7) is 3.70. The van der Waals surface area contributed by atoms with Crippen LogP contribution in [0, 0.1) is 5.92 Å². The van der Waals surface area contributed by atoms with Gasteiger partial charge in [0.2, 0.25) is 0 Å². The Bertz CT molecular complexity index is 213. The molecule has 0 saturated carbocycles. The Hall–Kier alpha value is -0.340. The van der Waals surface area contributed by atoms with E-state index in [1.807, 2.05) is 0 Å². The van der Waals surface area contributed by atoms with Gasteiger partial charge in [-0.15, -0.1) is 0 Å². The topological polar surface area (TPSA) is 15.3 Å². The van der Waals surface area contributed by atoms with E-state index in [9.17, 15) is 0 Å². The van der Waals surface area contributed by atoms with Crippen molar-refractivity contribution in [1.82, 2.24) is 10.2 Å². The van der Waals surface area contributed by atoms with Gasteiger partial charge >= 0.3 is 0 Å². The molecule has 0 aromatic rings. The second-order valence-electron chi connectivity index (χ2n) is 5.09. The fraction of sp³-hybridized carbons (Fsp3) is 0.846.